The van der Waals surface area contributed by atoms with Gasteiger partial charge in [0.15, 0.2) is 11.8 Å². The average molecular weight is 403 g/mol. The molecule has 1 aromatic heterocycles. The lowest BCUT2D eigenvalue weighted by Gasteiger charge is -2.12. The quantitative estimate of drug-likeness (QED) is 0.366. The predicted octanol–water partition coefficient (Wildman–Crippen LogP) is 4.29. The Morgan fingerprint density at radius 2 is 1.77 bits per heavy atom. The number of guanidine groups is 1. The van der Waals surface area contributed by atoms with E-state index >= 15 is 0 Å². The molecule has 3 aromatic rings. The zero-order valence-corrected chi connectivity index (χ0v) is 17.7. The van der Waals surface area contributed by atoms with Gasteiger partial charge in [-0.15, -0.1) is 0 Å². The van der Waals surface area contributed by atoms with Crippen molar-refractivity contribution in [3.8, 4) is 11.4 Å². The fourth-order valence-corrected chi connectivity index (χ4v) is 3.12. The molecule has 3 rings (SSSR count). The predicted molar refractivity (Wildman–Crippen MR) is 125 cm³/mol. The lowest BCUT2D eigenvalue weighted by atomic mass is 10.1. The van der Waals surface area contributed by atoms with E-state index in [9.17, 15) is 0 Å². The molecule has 1 heterocycles. The highest BCUT2D eigenvalue weighted by atomic mass is 15.0. The van der Waals surface area contributed by atoms with Crippen LogP contribution in [-0.4, -0.2) is 22.5 Å². The number of nitrogens with one attached hydrogen (secondary N) is 1. The molecule has 0 aliphatic carbocycles. The fraction of sp³-hybridized carbons (Fsp3) is 0.292. The smallest absolute Gasteiger partial charge is 0.191 e. The Balaban J connectivity index is 1.83. The Hall–Kier alpha value is -3.41. The number of aromatic nitrogens is 2. The van der Waals surface area contributed by atoms with Crippen molar-refractivity contribution in [1.29, 1.82) is 0 Å². The van der Waals surface area contributed by atoms with Gasteiger partial charge in [0.1, 0.15) is 5.82 Å². The van der Waals surface area contributed by atoms with Crippen LogP contribution < -0.4 is 16.8 Å². The molecule has 0 saturated heterocycles. The van der Waals surface area contributed by atoms with Crippen molar-refractivity contribution >= 4 is 17.5 Å². The number of anilines is 1. The van der Waals surface area contributed by atoms with Gasteiger partial charge in [0.2, 0.25) is 0 Å². The van der Waals surface area contributed by atoms with Gasteiger partial charge in [0.25, 0.3) is 0 Å². The molecule has 0 radical (unpaired) electrons. The SMILES string of the molecule is CC(C)CCc1cc(NCCc2ccccc2)nc(-c2cccc(N=C(N)N)c2)n1. The second-order valence-electron chi connectivity index (χ2n) is 7.75. The minimum absolute atomic E-state index is 0.0296. The molecule has 156 valence electrons. The number of nitrogens with two attached hydrogens (primary N) is 2. The van der Waals surface area contributed by atoms with Gasteiger partial charge in [-0.1, -0.05) is 56.3 Å². The molecule has 6 nitrogen and oxygen atoms in total. The summed E-state index contributed by atoms with van der Waals surface area (Å²) in [5, 5.41) is 3.46. The van der Waals surface area contributed by atoms with E-state index < -0.39 is 0 Å². The molecule has 0 unspecified atom stereocenters. The van der Waals surface area contributed by atoms with Crippen LogP contribution in [0.25, 0.3) is 11.4 Å². The van der Waals surface area contributed by atoms with Crippen LogP contribution in [0.5, 0.6) is 0 Å². The Morgan fingerprint density at radius 1 is 0.967 bits per heavy atom. The van der Waals surface area contributed by atoms with Gasteiger partial charge in [-0.3, -0.25) is 0 Å². The highest BCUT2D eigenvalue weighted by molar-refractivity contribution is 5.79. The first-order valence-corrected chi connectivity index (χ1v) is 10.4. The molecule has 2 aromatic carbocycles. The van der Waals surface area contributed by atoms with Crippen molar-refractivity contribution in [2.24, 2.45) is 22.4 Å². The average Bonchev–Trinajstić information content (AvgIpc) is 2.73. The number of hydrogen-bond acceptors (Lipinski definition) is 4. The molecule has 0 saturated carbocycles. The fourth-order valence-electron chi connectivity index (χ4n) is 3.12. The first-order valence-electron chi connectivity index (χ1n) is 10.4. The van der Waals surface area contributed by atoms with E-state index in [4.69, 9.17) is 21.4 Å². The molecule has 5 N–H and O–H groups in total. The van der Waals surface area contributed by atoms with Gasteiger partial charge in [-0.05, 0) is 42.9 Å². The Morgan fingerprint density at radius 3 is 2.50 bits per heavy atom. The van der Waals surface area contributed by atoms with Gasteiger partial charge in [0.05, 0.1) is 5.69 Å². The molecular formula is C24H30N6. The zero-order valence-electron chi connectivity index (χ0n) is 17.7. The maximum Gasteiger partial charge on any atom is 0.191 e. The Labute approximate surface area is 178 Å². The summed E-state index contributed by atoms with van der Waals surface area (Å²) in [5.41, 5.74) is 14.9. The summed E-state index contributed by atoms with van der Waals surface area (Å²) in [5.74, 6) is 2.15. The molecule has 0 amide bonds. The number of hydrogen-bond donors (Lipinski definition) is 3. The number of rotatable bonds is 9. The lowest BCUT2D eigenvalue weighted by molar-refractivity contribution is 0.581. The maximum atomic E-state index is 5.52. The van der Waals surface area contributed by atoms with Crippen LogP contribution in [0.3, 0.4) is 0 Å². The standard InChI is InChI=1S/C24H30N6/c1-17(2)11-12-21-16-22(27-14-13-18-7-4-3-5-8-18)30-23(28-21)19-9-6-10-20(15-19)29-24(25)26/h3-10,15-17H,11-14H2,1-2H3,(H4,25,26,29)(H,27,28,30). The van der Waals surface area contributed by atoms with Gasteiger partial charge in [-0.2, -0.15) is 0 Å². The van der Waals surface area contributed by atoms with Crippen molar-refractivity contribution in [1.82, 2.24) is 9.97 Å². The normalized spacial score (nSPS) is 10.8. The highest BCUT2D eigenvalue weighted by Gasteiger charge is 2.09. The molecule has 6 heteroatoms. The van der Waals surface area contributed by atoms with E-state index in [1.165, 1.54) is 5.56 Å². The second-order valence-corrected chi connectivity index (χ2v) is 7.75. The van der Waals surface area contributed by atoms with Crippen LogP contribution in [-0.2, 0) is 12.8 Å². The number of aryl methyl sites for hydroxylation is 1. The van der Waals surface area contributed by atoms with Crippen molar-refractivity contribution in [3.63, 3.8) is 0 Å². The third-order valence-electron chi connectivity index (χ3n) is 4.68. The minimum atomic E-state index is 0.0296. The monoisotopic (exact) mass is 402 g/mol. The van der Waals surface area contributed by atoms with E-state index in [0.717, 1.165) is 42.9 Å². The van der Waals surface area contributed by atoms with Gasteiger partial charge < -0.3 is 16.8 Å². The summed E-state index contributed by atoms with van der Waals surface area (Å²) in [6, 6.07) is 20.1. The Kier molecular flexibility index (Phi) is 7.38. The number of aliphatic imine (C=N–C) groups is 1. The molecular weight excluding hydrogens is 372 g/mol. The van der Waals surface area contributed by atoms with E-state index in [1.807, 2.05) is 30.3 Å². The number of benzene rings is 2. The topological polar surface area (TPSA) is 102 Å². The van der Waals surface area contributed by atoms with Crippen LogP contribution in [0.4, 0.5) is 11.5 Å². The second kappa shape index (κ2) is 10.4. The summed E-state index contributed by atoms with van der Waals surface area (Å²) in [6.07, 6.45) is 2.92. The summed E-state index contributed by atoms with van der Waals surface area (Å²) in [7, 11) is 0. The van der Waals surface area contributed by atoms with Crippen LogP contribution >= 0.6 is 0 Å². The molecule has 0 aliphatic rings. The van der Waals surface area contributed by atoms with Gasteiger partial charge in [-0.25, -0.2) is 15.0 Å². The van der Waals surface area contributed by atoms with Crippen LogP contribution in [0.1, 0.15) is 31.5 Å². The lowest BCUT2D eigenvalue weighted by Crippen LogP contribution is -2.21. The van der Waals surface area contributed by atoms with Crippen LogP contribution in [0.2, 0.25) is 0 Å². The van der Waals surface area contributed by atoms with Crippen molar-refractivity contribution in [3.05, 3.63) is 71.9 Å². The zero-order chi connectivity index (χ0) is 21.3. The summed E-state index contributed by atoms with van der Waals surface area (Å²) >= 11 is 0. The highest BCUT2D eigenvalue weighted by Crippen LogP contribution is 2.24. The minimum Gasteiger partial charge on any atom is -0.370 e. The molecule has 30 heavy (non-hydrogen) atoms. The summed E-state index contributed by atoms with van der Waals surface area (Å²) in [4.78, 5) is 13.7. The molecule has 0 atom stereocenters. The van der Waals surface area contributed by atoms with Gasteiger partial charge in [0, 0.05) is 23.9 Å². The van der Waals surface area contributed by atoms with E-state index in [1.54, 1.807) is 0 Å². The third kappa shape index (κ3) is 6.58. The van der Waals surface area contributed by atoms with Gasteiger partial charge >= 0.3 is 0 Å². The number of nitrogens with zero attached hydrogens (tertiary/aromatic N) is 3. The third-order valence-corrected chi connectivity index (χ3v) is 4.68. The van der Waals surface area contributed by atoms with E-state index in [0.29, 0.717) is 17.4 Å². The first kappa shape index (κ1) is 21.3. The summed E-state index contributed by atoms with van der Waals surface area (Å²) in [6.45, 7) is 5.25. The van der Waals surface area contributed by atoms with Crippen molar-refractivity contribution in [2.45, 2.75) is 33.1 Å². The molecule has 0 fully saturated rings. The largest absolute Gasteiger partial charge is 0.370 e. The molecule has 0 spiro atoms. The molecule has 0 bridgehead atoms. The van der Waals surface area contributed by atoms with E-state index in [2.05, 4.69) is 54.5 Å². The van der Waals surface area contributed by atoms with Crippen LogP contribution in [0, 0.1) is 5.92 Å². The maximum absolute atomic E-state index is 5.52. The van der Waals surface area contributed by atoms with E-state index in [-0.39, 0.29) is 5.96 Å². The first-order chi connectivity index (χ1) is 14.5. The Bertz CT molecular complexity index is 978. The molecule has 0 aliphatic heterocycles. The van der Waals surface area contributed by atoms with Crippen LogP contribution in [0.15, 0.2) is 65.7 Å². The van der Waals surface area contributed by atoms with Crippen molar-refractivity contribution < 1.29 is 0 Å². The van der Waals surface area contributed by atoms with Crippen molar-refractivity contribution in [2.75, 3.05) is 11.9 Å². The summed E-state index contributed by atoms with van der Waals surface area (Å²) < 4.78 is 0.